The van der Waals surface area contributed by atoms with Crippen molar-refractivity contribution in [1.29, 1.82) is 0 Å². The van der Waals surface area contributed by atoms with Gasteiger partial charge in [0.05, 0.1) is 0 Å². The molecule has 3 unspecified atom stereocenters. The first kappa shape index (κ1) is 16.3. The maximum atomic E-state index is 6.31. The molecule has 2 aliphatic rings. The number of allylic oxidation sites excluding steroid dienone is 2. The van der Waals surface area contributed by atoms with E-state index < -0.39 is 9.04 Å². The van der Waals surface area contributed by atoms with Crippen molar-refractivity contribution in [2.45, 2.75) is 77.3 Å². The van der Waals surface area contributed by atoms with Crippen LogP contribution < -0.4 is 0 Å². The molecule has 2 heteroatoms. The second-order valence-corrected chi connectivity index (χ2v) is 9.69. The summed E-state index contributed by atoms with van der Waals surface area (Å²) >= 11 is 0. The number of rotatable bonds is 11. The van der Waals surface area contributed by atoms with E-state index in [2.05, 4.69) is 26.0 Å². The topological polar surface area (TPSA) is 9.23 Å². The van der Waals surface area contributed by atoms with Crippen LogP contribution in [0, 0.1) is 17.8 Å². The molecule has 20 heavy (non-hydrogen) atoms. The molecule has 1 fully saturated rings. The smallest absolute Gasteiger partial charge is 0.176 e. The highest BCUT2D eigenvalue weighted by Crippen LogP contribution is 2.45. The van der Waals surface area contributed by atoms with Crippen LogP contribution in [0.3, 0.4) is 0 Å². The molecule has 0 aromatic rings. The van der Waals surface area contributed by atoms with Crippen molar-refractivity contribution in [2.75, 3.05) is 6.61 Å². The van der Waals surface area contributed by atoms with Crippen LogP contribution in [-0.4, -0.2) is 15.6 Å². The third kappa shape index (κ3) is 5.03. The first-order valence-electron chi connectivity index (χ1n) is 9.13. The molecule has 3 atom stereocenters. The molecule has 2 aliphatic carbocycles. The molecular formula is C18H34OSi. The molecule has 0 aliphatic heterocycles. The fraction of sp³-hybridized carbons (Fsp3) is 0.889. The van der Waals surface area contributed by atoms with E-state index in [1.165, 1.54) is 63.5 Å². The van der Waals surface area contributed by atoms with Crippen molar-refractivity contribution in [3.05, 3.63) is 12.2 Å². The lowest BCUT2D eigenvalue weighted by molar-refractivity contribution is 0.281. The Morgan fingerprint density at radius 3 is 2.30 bits per heavy atom. The summed E-state index contributed by atoms with van der Waals surface area (Å²) in [7, 11) is -0.862. The quantitative estimate of drug-likeness (QED) is 0.285. The molecule has 0 aromatic heterocycles. The molecule has 0 radical (unpaired) electrons. The Bertz CT molecular complexity index is 281. The van der Waals surface area contributed by atoms with E-state index in [1.807, 2.05) is 0 Å². The Kier molecular flexibility index (Phi) is 7.36. The second-order valence-electron chi connectivity index (χ2n) is 6.96. The molecule has 0 saturated heterocycles. The Hall–Kier alpha value is -0.0831. The molecule has 0 spiro atoms. The van der Waals surface area contributed by atoms with Crippen LogP contribution in [0.25, 0.3) is 0 Å². The van der Waals surface area contributed by atoms with Crippen molar-refractivity contribution < 1.29 is 4.43 Å². The zero-order valence-electron chi connectivity index (χ0n) is 13.7. The van der Waals surface area contributed by atoms with Gasteiger partial charge in [0, 0.05) is 6.61 Å². The Balaban J connectivity index is 1.56. The number of fused-ring (bicyclic) bond motifs is 2. The summed E-state index contributed by atoms with van der Waals surface area (Å²) in [6.07, 6.45) is 16.0. The van der Waals surface area contributed by atoms with Gasteiger partial charge < -0.3 is 4.43 Å². The van der Waals surface area contributed by atoms with Gasteiger partial charge in [0.2, 0.25) is 0 Å². The highest BCUT2D eigenvalue weighted by atomic mass is 28.3. The van der Waals surface area contributed by atoms with Crippen LogP contribution in [0.2, 0.25) is 12.1 Å². The van der Waals surface area contributed by atoms with E-state index >= 15 is 0 Å². The minimum absolute atomic E-state index is 0.862. The van der Waals surface area contributed by atoms with Crippen LogP contribution in [0.5, 0.6) is 0 Å². The highest BCUT2D eigenvalue weighted by Gasteiger charge is 2.34. The summed E-state index contributed by atoms with van der Waals surface area (Å²) in [6, 6.07) is 2.82. The zero-order valence-corrected chi connectivity index (χ0v) is 14.8. The summed E-state index contributed by atoms with van der Waals surface area (Å²) in [5, 5.41) is 0. The second kappa shape index (κ2) is 9.04. The summed E-state index contributed by atoms with van der Waals surface area (Å²) in [6.45, 7) is 5.66. The maximum Gasteiger partial charge on any atom is 0.176 e. The van der Waals surface area contributed by atoms with Gasteiger partial charge in [0.25, 0.3) is 0 Å². The minimum Gasteiger partial charge on any atom is -0.420 e. The van der Waals surface area contributed by atoms with Gasteiger partial charge in [0.1, 0.15) is 0 Å². The number of hydrogen-bond donors (Lipinski definition) is 0. The van der Waals surface area contributed by atoms with E-state index in [0.29, 0.717) is 0 Å². The van der Waals surface area contributed by atoms with E-state index in [4.69, 9.17) is 4.43 Å². The molecule has 0 N–H and O–H groups in total. The summed E-state index contributed by atoms with van der Waals surface area (Å²) in [5.74, 6) is 2.84. The predicted octanol–water partition coefficient (Wildman–Crippen LogP) is 5.32. The van der Waals surface area contributed by atoms with Gasteiger partial charge in [-0.2, -0.15) is 0 Å². The molecular weight excluding hydrogens is 260 g/mol. The highest BCUT2D eigenvalue weighted by molar-refractivity contribution is 6.51. The largest absolute Gasteiger partial charge is 0.420 e. The Morgan fingerprint density at radius 1 is 1.00 bits per heavy atom. The van der Waals surface area contributed by atoms with Gasteiger partial charge in [-0.25, -0.2) is 0 Å². The zero-order chi connectivity index (χ0) is 14.2. The standard InChI is InChI=1S/C18H34OSi/c1-3-5-12-20(13-6-4-2)19-11-7-8-17-14-16-9-10-18(17)15-16/h9-10,16-18,20H,3-8,11-15H2,1-2H3. The average molecular weight is 295 g/mol. The minimum atomic E-state index is -0.862. The van der Waals surface area contributed by atoms with Crippen LogP contribution in [0.1, 0.15) is 65.2 Å². The monoisotopic (exact) mass is 294 g/mol. The van der Waals surface area contributed by atoms with Crippen molar-refractivity contribution in [1.82, 2.24) is 0 Å². The van der Waals surface area contributed by atoms with Gasteiger partial charge in [-0.3, -0.25) is 0 Å². The van der Waals surface area contributed by atoms with Gasteiger partial charge in [-0.1, -0.05) is 51.7 Å². The van der Waals surface area contributed by atoms with Gasteiger partial charge >= 0.3 is 0 Å². The third-order valence-corrected chi connectivity index (χ3v) is 8.06. The average Bonchev–Trinajstić information content (AvgIpc) is 3.08. The maximum absolute atomic E-state index is 6.31. The summed E-state index contributed by atoms with van der Waals surface area (Å²) in [5.41, 5.74) is 0. The molecule has 116 valence electrons. The number of hydrogen-bond acceptors (Lipinski definition) is 1. The fourth-order valence-electron chi connectivity index (χ4n) is 4.00. The summed E-state index contributed by atoms with van der Waals surface area (Å²) < 4.78 is 6.31. The van der Waals surface area contributed by atoms with E-state index in [9.17, 15) is 0 Å². The lowest BCUT2D eigenvalue weighted by Crippen LogP contribution is -2.19. The Labute approximate surface area is 127 Å². The molecule has 2 rings (SSSR count). The van der Waals surface area contributed by atoms with E-state index in [1.54, 1.807) is 0 Å². The molecule has 2 bridgehead atoms. The lowest BCUT2D eigenvalue weighted by Gasteiger charge is -2.19. The molecule has 0 amide bonds. The van der Waals surface area contributed by atoms with Crippen molar-refractivity contribution in [3.63, 3.8) is 0 Å². The van der Waals surface area contributed by atoms with Crippen molar-refractivity contribution in [3.8, 4) is 0 Å². The molecule has 1 saturated carbocycles. The van der Waals surface area contributed by atoms with Gasteiger partial charge in [-0.05, 0) is 55.5 Å². The van der Waals surface area contributed by atoms with E-state index in [-0.39, 0.29) is 0 Å². The number of unbranched alkanes of at least 4 members (excludes halogenated alkanes) is 2. The van der Waals surface area contributed by atoms with Crippen LogP contribution in [0.4, 0.5) is 0 Å². The predicted molar refractivity (Wildman–Crippen MR) is 90.6 cm³/mol. The van der Waals surface area contributed by atoms with Gasteiger partial charge in [-0.15, -0.1) is 0 Å². The molecule has 0 heterocycles. The Morgan fingerprint density at radius 2 is 1.75 bits per heavy atom. The van der Waals surface area contributed by atoms with Crippen molar-refractivity contribution >= 4 is 9.04 Å². The fourth-order valence-corrected chi connectivity index (χ4v) is 6.85. The van der Waals surface area contributed by atoms with Crippen LogP contribution in [-0.2, 0) is 4.43 Å². The van der Waals surface area contributed by atoms with E-state index in [0.717, 1.165) is 24.4 Å². The molecule has 0 aromatic carbocycles. The first-order chi connectivity index (χ1) is 9.83. The lowest BCUT2D eigenvalue weighted by atomic mass is 9.90. The third-order valence-electron chi connectivity index (χ3n) is 5.25. The summed E-state index contributed by atoms with van der Waals surface area (Å²) in [4.78, 5) is 0. The van der Waals surface area contributed by atoms with Crippen LogP contribution in [0.15, 0.2) is 12.2 Å². The SMILES string of the molecule is CCCC[SiH](CCCC)OCCCC1CC2C=CC1C2. The van der Waals surface area contributed by atoms with Gasteiger partial charge in [0.15, 0.2) is 9.04 Å². The van der Waals surface area contributed by atoms with Crippen molar-refractivity contribution in [2.24, 2.45) is 17.8 Å². The molecule has 1 nitrogen and oxygen atoms in total. The normalized spacial score (nSPS) is 27.9. The van der Waals surface area contributed by atoms with Crippen LogP contribution >= 0.6 is 0 Å². The first-order valence-corrected chi connectivity index (χ1v) is 11.2.